The number of hydrogen-bond donors (Lipinski definition) is 0. The lowest BCUT2D eigenvalue weighted by Crippen LogP contribution is -1.98. The van der Waals surface area contributed by atoms with Crippen LogP contribution in [0.2, 0.25) is 5.02 Å². The molecule has 88 valence electrons. The first-order valence-electron chi connectivity index (χ1n) is 5.28. The summed E-state index contributed by atoms with van der Waals surface area (Å²) >= 11 is 5.77. The van der Waals surface area contributed by atoms with Gasteiger partial charge in [-0.15, -0.1) is 0 Å². The van der Waals surface area contributed by atoms with Crippen LogP contribution >= 0.6 is 11.6 Å². The van der Waals surface area contributed by atoms with Gasteiger partial charge in [0.2, 0.25) is 0 Å². The highest BCUT2D eigenvalue weighted by Gasteiger charge is 2.01. The fourth-order valence-electron chi connectivity index (χ4n) is 1.49. The second-order valence-corrected chi connectivity index (χ2v) is 4.25. The zero-order chi connectivity index (χ0) is 12.3. The molecule has 2 aromatic carbocycles. The predicted molar refractivity (Wildman–Crippen MR) is 66.9 cm³/mol. The fourth-order valence-corrected chi connectivity index (χ4v) is 1.61. The monoisotopic (exact) mass is 250 g/mol. The molecule has 0 N–H and O–H groups in total. The van der Waals surface area contributed by atoms with Crippen LogP contribution in [0, 0.1) is 12.7 Å². The molecule has 0 unspecified atom stereocenters. The van der Waals surface area contributed by atoms with Crippen molar-refractivity contribution in [2.24, 2.45) is 0 Å². The Hall–Kier alpha value is -1.54. The first kappa shape index (κ1) is 11.9. The van der Waals surface area contributed by atoms with Crippen molar-refractivity contribution in [1.82, 2.24) is 0 Å². The van der Waals surface area contributed by atoms with Gasteiger partial charge in [0, 0.05) is 5.02 Å². The first-order chi connectivity index (χ1) is 8.15. The topological polar surface area (TPSA) is 9.23 Å². The van der Waals surface area contributed by atoms with E-state index in [-0.39, 0.29) is 5.82 Å². The molecule has 0 fully saturated rings. The van der Waals surface area contributed by atoms with Crippen LogP contribution in [0.1, 0.15) is 11.1 Å². The summed E-state index contributed by atoms with van der Waals surface area (Å²) in [5.41, 5.74) is 1.86. The summed E-state index contributed by atoms with van der Waals surface area (Å²) in [7, 11) is 0. The van der Waals surface area contributed by atoms with E-state index in [0.717, 1.165) is 16.9 Å². The van der Waals surface area contributed by atoms with Crippen LogP contribution in [0.3, 0.4) is 0 Å². The van der Waals surface area contributed by atoms with Crippen molar-refractivity contribution in [2.75, 3.05) is 0 Å². The van der Waals surface area contributed by atoms with E-state index < -0.39 is 0 Å². The number of aryl methyl sites for hydroxylation is 1. The Morgan fingerprint density at radius 3 is 2.53 bits per heavy atom. The van der Waals surface area contributed by atoms with Gasteiger partial charge < -0.3 is 4.74 Å². The standard InChI is InChI=1S/C14H12ClFO/c1-10-2-5-13(16)8-11(10)9-17-14-6-3-12(15)4-7-14/h2-8H,9H2,1H3. The number of ether oxygens (including phenoxy) is 1. The fraction of sp³-hybridized carbons (Fsp3) is 0.143. The molecule has 0 radical (unpaired) electrons. The highest BCUT2D eigenvalue weighted by Crippen LogP contribution is 2.18. The molecule has 0 bridgehead atoms. The molecule has 0 aliphatic carbocycles. The third kappa shape index (κ3) is 3.21. The molecule has 2 aromatic rings. The molecule has 0 amide bonds. The summed E-state index contributed by atoms with van der Waals surface area (Å²) in [6.45, 7) is 2.28. The quantitative estimate of drug-likeness (QED) is 0.786. The van der Waals surface area contributed by atoms with E-state index in [2.05, 4.69) is 0 Å². The Bertz CT molecular complexity index is 508. The van der Waals surface area contributed by atoms with Gasteiger partial charge in [-0.2, -0.15) is 0 Å². The smallest absolute Gasteiger partial charge is 0.123 e. The molecule has 0 saturated carbocycles. The summed E-state index contributed by atoms with van der Waals surface area (Å²) in [4.78, 5) is 0. The number of rotatable bonds is 3. The maximum Gasteiger partial charge on any atom is 0.123 e. The lowest BCUT2D eigenvalue weighted by Gasteiger charge is -2.08. The number of halogens is 2. The summed E-state index contributed by atoms with van der Waals surface area (Å²) < 4.78 is 18.6. The highest BCUT2D eigenvalue weighted by atomic mass is 35.5. The van der Waals surface area contributed by atoms with Gasteiger partial charge in [0.1, 0.15) is 18.2 Å². The largest absolute Gasteiger partial charge is 0.489 e. The minimum atomic E-state index is -0.245. The Kier molecular flexibility index (Phi) is 3.64. The van der Waals surface area contributed by atoms with Crippen molar-refractivity contribution in [1.29, 1.82) is 0 Å². The van der Waals surface area contributed by atoms with Crippen molar-refractivity contribution in [3.63, 3.8) is 0 Å². The molecular formula is C14H12ClFO. The Morgan fingerprint density at radius 2 is 1.82 bits per heavy atom. The first-order valence-corrected chi connectivity index (χ1v) is 5.66. The maximum atomic E-state index is 13.1. The van der Waals surface area contributed by atoms with Gasteiger partial charge >= 0.3 is 0 Å². The van der Waals surface area contributed by atoms with Crippen LogP contribution in [0.15, 0.2) is 42.5 Å². The lowest BCUT2D eigenvalue weighted by atomic mass is 10.1. The second-order valence-electron chi connectivity index (χ2n) is 3.81. The predicted octanol–water partition coefficient (Wildman–Crippen LogP) is 4.37. The van der Waals surface area contributed by atoms with Crippen LogP contribution < -0.4 is 4.74 Å². The van der Waals surface area contributed by atoms with Gasteiger partial charge in [-0.25, -0.2) is 4.39 Å². The Labute approximate surface area is 105 Å². The van der Waals surface area contributed by atoms with Crippen LogP contribution in [-0.2, 0) is 6.61 Å². The second kappa shape index (κ2) is 5.19. The average molecular weight is 251 g/mol. The Balaban J connectivity index is 2.07. The normalized spacial score (nSPS) is 10.3. The SMILES string of the molecule is Cc1ccc(F)cc1COc1ccc(Cl)cc1. The molecule has 0 spiro atoms. The minimum Gasteiger partial charge on any atom is -0.489 e. The molecule has 17 heavy (non-hydrogen) atoms. The molecule has 2 rings (SSSR count). The van der Waals surface area contributed by atoms with Crippen LogP contribution in [0.25, 0.3) is 0 Å². The van der Waals surface area contributed by atoms with E-state index >= 15 is 0 Å². The summed E-state index contributed by atoms with van der Waals surface area (Å²) in [6.07, 6.45) is 0. The number of hydrogen-bond acceptors (Lipinski definition) is 1. The third-order valence-corrected chi connectivity index (χ3v) is 2.77. The van der Waals surface area contributed by atoms with Gasteiger partial charge in [-0.1, -0.05) is 17.7 Å². The molecule has 0 aliphatic heterocycles. The zero-order valence-electron chi connectivity index (χ0n) is 9.41. The van der Waals surface area contributed by atoms with Gasteiger partial charge in [0.15, 0.2) is 0 Å². The van der Waals surface area contributed by atoms with E-state index in [9.17, 15) is 4.39 Å². The number of benzene rings is 2. The van der Waals surface area contributed by atoms with E-state index in [1.54, 1.807) is 30.3 Å². The average Bonchev–Trinajstić information content (AvgIpc) is 2.32. The van der Waals surface area contributed by atoms with Crippen molar-refractivity contribution < 1.29 is 9.13 Å². The van der Waals surface area contributed by atoms with Crippen LogP contribution in [0.4, 0.5) is 4.39 Å². The van der Waals surface area contributed by atoms with Crippen molar-refractivity contribution in [3.8, 4) is 5.75 Å². The highest BCUT2D eigenvalue weighted by molar-refractivity contribution is 6.30. The molecule has 0 saturated heterocycles. The summed E-state index contributed by atoms with van der Waals surface area (Å²) in [6, 6.07) is 11.8. The molecule has 0 aromatic heterocycles. The third-order valence-electron chi connectivity index (χ3n) is 2.52. The van der Waals surface area contributed by atoms with E-state index in [4.69, 9.17) is 16.3 Å². The molecule has 0 aliphatic rings. The molecule has 0 heterocycles. The molecule has 3 heteroatoms. The molecular weight excluding hydrogens is 239 g/mol. The van der Waals surface area contributed by atoms with E-state index in [1.807, 2.05) is 6.92 Å². The summed E-state index contributed by atoms with van der Waals surface area (Å²) in [5.74, 6) is 0.475. The van der Waals surface area contributed by atoms with Gasteiger partial charge in [0.25, 0.3) is 0 Å². The minimum absolute atomic E-state index is 0.245. The molecule has 1 nitrogen and oxygen atoms in total. The van der Waals surface area contributed by atoms with Crippen molar-refractivity contribution in [2.45, 2.75) is 13.5 Å². The van der Waals surface area contributed by atoms with Crippen molar-refractivity contribution >= 4 is 11.6 Å². The van der Waals surface area contributed by atoms with Gasteiger partial charge in [0.05, 0.1) is 0 Å². The van der Waals surface area contributed by atoms with Crippen LogP contribution in [-0.4, -0.2) is 0 Å². The van der Waals surface area contributed by atoms with E-state index in [0.29, 0.717) is 11.6 Å². The maximum absolute atomic E-state index is 13.1. The van der Waals surface area contributed by atoms with Crippen molar-refractivity contribution in [3.05, 3.63) is 64.4 Å². The molecule has 0 atom stereocenters. The summed E-state index contributed by atoms with van der Waals surface area (Å²) in [5, 5.41) is 0.666. The van der Waals surface area contributed by atoms with Crippen LogP contribution in [0.5, 0.6) is 5.75 Å². The lowest BCUT2D eigenvalue weighted by molar-refractivity contribution is 0.305. The van der Waals surface area contributed by atoms with Gasteiger partial charge in [-0.3, -0.25) is 0 Å². The zero-order valence-corrected chi connectivity index (χ0v) is 10.2. The van der Waals surface area contributed by atoms with Gasteiger partial charge in [-0.05, 0) is 54.4 Å². The van der Waals surface area contributed by atoms with E-state index in [1.165, 1.54) is 12.1 Å². The Morgan fingerprint density at radius 1 is 1.12 bits per heavy atom.